The van der Waals surface area contributed by atoms with E-state index in [0.717, 1.165) is 11.3 Å². The summed E-state index contributed by atoms with van der Waals surface area (Å²) >= 11 is 1.50. The second-order valence-corrected chi connectivity index (χ2v) is 9.73. The van der Waals surface area contributed by atoms with E-state index in [9.17, 15) is 9.59 Å². The van der Waals surface area contributed by atoms with Crippen LogP contribution in [0.4, 0.5) is 4.79 Å². The molecule has 1 fully saturated rings. The first-order valence-electron chi connectivity index (χ1n) is 11.6. The maximum absolute atomic E-state index is 13.2. The van der Waals surface area contributed by atoms with Crippen LogP contribution in [0.1, 0.15) is 5.56 Å². The number of fused-ring (bicyclic) bond motifs is 1. The Kier molecular flexibility index (Phi) is 6.59. The highest BCUT2D eigenvalue weighted by atomic mass is 32.2. The Morgan fingerprint density at radius 1 is 1.00 bits per heavy atom. The fourth-order valence-corrected chi connectivity index (χ4v) is 5.30. The van der Waals surface area contributed by atoms with Crippen LogP contribution in [0.3, 0.4) is 0 Å². The molecule has 3 aromatic rings. The summed E-state index contributed by atoms with van der Waals surface area (Å²) in [6, 6.07) is 18.8. The number of hydrogen-bond donors (Lipinski definition) is 0. The number of carbonyl (C=O) groups excluding carboxylic acids is 2. The monoisotopic (exact) mass is 505 g/mol. The van der Waals surface area contributed by atoms with Gasteiger partial charge in [0.25, 0.3) is 5.91 Å². The van der Waals surface area contributed by atoms with Crippen molar-refractivity contribution in [3.05, 3.63) is 66.2 Å². The van der Waals surface area contributed by atoms with Gasteiger partial charge in [-0.1, -0.05) is 60.3 Å². The molecule has 1 aromatic heterocycles. The lowest BCUT2D eigenvalue weighted by Gasteiger charge is -2.40. The lowest BCUT2D eigenvalue weighted by Crippen LogP contribution is -2.64. The molecule has 2 aromatic carbocycles. The van der Waals surface area contributed by atoms with Gasteiger partial charge in [-0.05, 0) is 28.1 Å². The number of rotatable bonds is 7. The van der Waals surface area contributed by atoms with E-state index < -0.39 is 12.2 Å². The summed E-state index contributed by atoms with van der Waals surface area (Å²) in [4.78, 5) is 37.4. The molecule has 3 heterocycles. The van der Waals surface area contributed by atoms with Crippen molar-refractivity contribution in [3.63, 3.8) is 0 Å². The van der Waals surface area contributed by atoms with Crippen molar-refractivity contribution >= 4 is 29.7 Å². The van der Waals surface area contributed by atoms with E-state index in [2.05, 4.69) is 27.7 Å². The lowest BCUT2D eigenvalue weighted by atomic mass is 10.1. The van der Waals surface area contributed by atoms with E-state index in [0.29, 0.717) is 30.0 Å². The van der Waals surface area contributed by atoms with Gasteiger partial charge in [-0.3, -0.25) is 9.69 Å². The third kappa shape index (κ3) is 4.39. The smallest absolute Gasteiger partial charge is 0.328 e. The van der Waals surface area contributed by atoms with Crippen molar-refractivity contribution in [2.24, 2.45) is 4.99 Å². The number of para-hydroxylation sites is 1. The van der Waals surface area contributed by atoms with Gasteiger partial charge >= 0.3 is 6.03 Å². The van der Waals surface area contributed by atoms with Gasteiger partial charge in [-0.2, -0.15) is 4.68 Å². The third-order valence-electron chi connectivity index (χ3n) is 6.30. The van der Waals surface area contributed by atoms with Crippen LogP contribution in [0.25, 0.3) is 5.69 Å². The van der Waals surface area contributed by atoms with Crippen LogP contribution >= 0.6 is 11.8 Å². The Morgan fingerprint density at radius 3 is 2.42 bits per heavy atom. The van der Waals surface area contributed by atoms with E-state index in [1.165, 1.54) is 28.6 Å². The van der Waals surface area contributed by atoms with Crippen LogP contribution in [-0.2, 0) is 11.3 Å². The van der Waals surface area contributed by atoms with Gasteiger partial charge in [0.2, 0.25) is 5.16 Å². The fraction of sp³-hybridized carbons (Fsp3) is 0.333. The van der Waals surface area contributed by atoms with E-state index >= 15 is 0 Å². The van der Waals surface area contributed by atoms with Gasteiger partial charge in [0.1, 0.15) is 0 Å². The van der Waals surface area contributed by atoms with Crippen LogP contribution < -0.4 is 0 Å². The lowest BCUT2D eigenvalue weighted by molar-refractivity contribution is -0.136. The number of carbonyl (C=O) groups is 2. The Morgan fingerprint density at radius 2 is 1.69 bits per heavy atom. The number of imide groups is 1. The van der Waals surface area contributed by atoms with Crippen LogP contribution in [0, 0.1) is 0 Å². The van der Waals surface area contributed by atoms with Gasteiger partial charge < -0.3 is 14.7 Å². The molecule has 0 bridgehead atoms. The number of hydrogen-bond acceptors (Lipinski definition) is 9. The zero-order valence-corrected chi connectivity index (χ0v) is 21.1. The molecule has 0 N–H and O–H groups in total. The van der Waals surface area contributed by atoms with Crippen molar-refractivity contribution in [3.8, 4) is 5.69 Å². The number of nitrogens with zero attached hydrogens (tertiary/aromatic N) is 9. The van der Waals surface area contributed by atoms with Crippen molar-refractivity contribution in [1.29, 1.82) is 0 Å². The number of aromatic nitrogens is 4. The van der Waals surface area contributed by atoms with E-state index in [1.54, 1.807) is 11.7 Å². The summed E-state index contributed by atoms with van der Waals surface area (Å²) in [7, 11) is 5.16. The molecule has 0 aliphatic carbocycles. The standard InChI is InChI=1S/C24H27N9O2S/c1-29(16-17-10-6-4-7-11-17)22-25-20-19(21(34)31(3)24(35)30(20)2)32(22)14-15-36-23-26-27-28-33(23)18-12-8-5-9-13-18/h4-13,19-20H,14-16H2,1-3H3. The second kappa shape index (κ2) is 9.97. The SMILES string of the molecule is CN(Cc1ccccc1)C1=NC2C(C(=O)N(C)C(=O)N2C)N1CCSc1nnnn1-c1ccccc1. The van der Waals surface area contributed by atoms with Crippen molar-refractivity contribution < 1.29 is 9.59 Å². The number of urea groups is 1. The third-order valence-corrected chi connectivity index (χ3v) is 7.20. The Balaban J connectivity index is 1.36. The summed E-state index contributed by atoms with van der Waals surface area (Å²) in [5.41, 5.74) is 2.00. The van der Waals surface area contributed by atoms with Gasteiger partial charge in [0.15, 0.2) is 18.2 Å². The first kappa shape index (κ1) is 23.8. The molecule has 36 heavy (non-hydrogen) atoms. The maximum atomic E-state index is 13.2. The van der Waals surface area contributed by atoms with Gasteiger partial charge in [-0.25, -0.2) is 9.79 Å². The average molecular weight is 506 g/mol. The summed E-state index contributed by atoms with van der Waals surface area (Å²) in [5, 5.41) is 12.8. The molecule has 2 unspecified atom stereocenters. The Hall–Kier alpha value is -3.93. The molecule has 186 valence electrons. The number of guanidine groups is 1. The number of benzene rings is 2. The van der Waals surface area contributed by atoms with E-state index in [4.69, 9.17) is 4.99 Å². The Bertz CT molecular complexity index is 1270. The number of thioether (sulfide) groups is 1. The molecular formula is C24H27N9O2S. The minimum atomic E-state index is -0.586. The first-order valence-corrected chi connectivity index (χ1v) is 12.5. The molecule has 3 amide bonds. The first-order chi connectivity index (χ1) is 17.5. The number of aliphatic imine (C=N–C) groups is 1. The molecule has 2 aliphatic heterocycles. The molecule has 11 nitrogen and oxygen atoms in total. The van der Waals surface area contributed by atoms with Crippen LogP contribution in [-0.4, -0.2) is 103 Å². The quantitative estimate of drug-likeness (QED) is 0.448. The molecule has 2 atom stereocenters. The molecular weight excluding hydrogens is 478 g/mol. The van der Waals surface area contributed by atoms with Crippen LogP contribution in [0.2, 0.25) is 0 Å². The molecule has 2 aliphatic rings. The highest BCUT2D eigenvalue weighted by Crippen LogP contribution is 2.29. The summed E-state index contributed by atoms with van der Waals surface area (Å²) in [6.45, 7) is 1.14. The van der Waals surface area contributed by atoms with Gasteiger partial charge in [-0.15, -0.1) is 5.10 Å². The van der Waals surface area contributed by atoms with Gasteiger partial charge in [0.05, 0.1) is 5.69 Å². The van der Waals surface area contributed by atoms with Crippen LogP contribution in [0.15, 0.2) is 70.8 Å². The fourth-order valence-electron chi connectivity index (χ4n) is 4.47. The minimum Gasteiger partial charge on any atom is -0.341 e. The average Bonchev–Trinajstić information content (AvgIpc) is 3.53. The molecule has 0 radical (unpaired) electrons. The summed E-state index contributed by atoms with van der Waals surface area (Å²) < 4.78 is 1.69. The highest BCUT2D eigenvalue weighted by Gasteiger charge is 2.51. The number of amides is 3. The van der Waals surface area contributed by atoms with Crippen LogP contribution in [0.5, 0.6) is 0 Å². The maximum Gasteiger partial charge on any atom is 0.328 e. The molecule has 1 saturated heterocycles. The Labute approximate surface area is 213 Å². The zero-order chi connectivity index (χ0) is 25.2. The number of likely N-dealkylation sites (N-methyl/N-ethyl adjacent to an activating group) is 2. The van der Waals surface area contributed by atoms with Gasteiger partial charge in [0, 0.05) is 40.0 Å². The molecule has 0 spiro atoms. The van der Waals surface area contributed by atoms with E-state index in [1.807, 2.05) is 65.4 Å². The summed E-state index contributed by atoms with van der Waals surface area (Å²) in [6.07, 6.45) is -0.575. The number of tetrazole rings is 1. The molecule has 5 rings (SSSR count). The minimum absolute atomic E-state index is 0.255. The topological polar surface area (TPSA) is 103 Å². The predicted octanol–water partition coefficient (Wildman–Crippen LogP) is 1.78. The normalized spacial score (nSPS) is 19.5. The van der Waals surface area contributed by atoms with Crippen molar-refractivity contribution in [2.75, 3.05) is 33.4 Å². The van der Waals surface area contributed by atoms with Crippen molar-refractivity contribution in [2.45, 2.75) is 23.9 Å². The largest absolute Gasteiger partial charge is 0.341 e. The van der Waals surface area contributed by atoms with E-state index in [-0.39, 0.29) is 11.9 Å². The predicted molar refractivity (Wildman–Crippen MR) is 135 cm³/mol. The second-order valence-electron chi connectivity index (χ2n) is 8.67. The molecule has 12 heteroatoms. The zero-order valence-electron chi connectivity index (χ0n) is 20.3. The highest BCUT2D eigenvalue weighted by molar-refractivity contribution is 7.99. The molecule has 0 saturated carbocycles. The van der Waals surface area contributed by atoms with Crippen molar-refractivity contribution in [1.82, 2.24) is 39.8 Å². The summed E-state index contributed by atoms with van der Waals surface area (Å²) in [5.74, 6) is 1.04.